The van der Waals surface area contributed by atoms with Crippen LogP contribution in [0.15, 0.2) is 0 Å². The molecular weight excluding hydrogens is 224 g/mol. The van der Waals surface area contributed by atoms with Gasteiger partial charge in [0.2, 0.25) is 5.88 Å². The Morgan fingerprint density at radius 1 is 1.64 bits per heavy atom. The fourth-order valence-electron chi connectivity index (χ4n) is 1.12. The van der Waals surface area contributed by atoms with Gasteiger partial charge in [-0.25, -0.2) is 4.79 Å². The molecule has 0 aromatic carbocycles. The number of carboxylic acid groups (broad SMARTS) is 1. The molecule has 0 spiro atoms. The molecule has 2 rings (SSSR count). The maximum absolute atomic E-state index is 10.8. The van der Waals surface area contributed by atoms with Gasteiger partial charge in [-0.05, 0) is 11.5 Å². The van der Waals surface area contributed by atoms with Crippen molar-refractivity contribution < 1.29 is 14.6 Å². The largest absolute Gasteiger partial charge is 0.480 e. The molecule has 0 aliphatic rings. The molecular formula is C7H6N2O3S2. The quantitative estimate of drug-likeness (QED) is 0.819. The van der Waals surface area contributed by atoms with Gasteiger partial charge in [0, 0.05) is 0 Å². The predicted molar refractivity (Wildman–Crippen MR) is 55.4 cm³/mol. The highest BCUT2D eigenvalue weighted by Crippen LogP contribution is 2.41. The second-order valence-electron chi connectivity index (χ2n) is 2.50. The van der Waals surface area contributed by atoms with E-state index < -0.39 is 5.97 Å². The Kier molecular flexibility index (Phi) is 2.05. The van der Waals surface area contributed by atoms with Gasteiger partial charge in [-0.2, -0.15) is 4.37 Å². The van der Waals surface area contributed by atoms with Crippen LogP contribution in [0.25, 0.3) is 9.40 Å². The number of thiophene rings is 1. The number of hydrogen-bond donors (Lipinski definition) is 2. The van der Waals surface area contributed by atoms with Gasteiger partial charge in [-0.15, -0.1) is 11.3 Å². The van der Waals surface area contributed by atoms with E-state index in [1.165, 1.54) is 18.6 Å². The number of nitrogens with zero attached hydrogens (tertiary/aromatic N) is 1. The Balaban J connectivity index is 2.75. The Hall–Kier alpha value is -1.34. The maximum atomic E-state index is 10.8. The number of aromatic nitrogens is 1. The molecule has 0 amide bonds. The third-order valence-electron chi connectivity index (χ3n) is 1.73. The predicted octanol–water partition coefficient (Wildman–Crippen LogP) is 1.65. The molecule has 0 aliphatic carbocycles. The molecule has 74 valence electrons. The first-order chi connectivity index (χ1) is 6.65. The molecule has 0 atom stereocenters. The summed E-state index contributed by atoms with van der Waals surface area (Å²) in [5, 5.41) is 9.43. The van der Waals surface area contributed by atoms with E-state index in [1.54, 1.807) is 0 Å². The lowest BCUT2D eigenvalue weighted by Gasteiger charge is -1.94. The first kappa shape index (κ1) is 9.22. The van der Waals surface area contributed by atoms with Crippen LogP contribution in [0.4, 0.5) is 5.69 Å². The van der Waals surface area contributed by atoms with Gasteiger partial charge in [0.1, 0.15) is 8.89 Å². The molecule has 0 saturated heterocycles. The summed E-state index contributed by atoms with van der Waals surface area (Å²) in [5.74, 6) is -0.621. The lowest BCUT2D eigenvalue weighted by molar-refractivity contribution is 0.0703. The summed E-state index contributed by atoms with van der Waals surface area (Å²) >= 11 is 2.31. The Labute approximate surface area is 86.9 Å². The Morgan fingerprint density at radius 3 is 2.93 bits per heavy atom. The number of aromatic carboxylic acids is 1. The van der Waals surface area contributed by atoms with Gasteiger partial charge < -0.3 is 15.6 Å². The van der Waals surface area contributed by atoms with E-state index >= 15 is 0 Å². The van der Waals surface area contributed by atoms with Crippen molar-refractivity contribution >= 4 is 43.9 Å². The highest BCUT2D eigenvalue weighted by atomic mass is 32.2. The van der Waals surface area contributed by atoms with Crippen LogP contribution >= 0.6 is 22.9 Å². The van der Waals surface area contributed by atoms with Crippen LogP contribution < -0.4 is 10.5 Å². The zero-order valence-corrected chi connectivity index (χ0v) is 8.74. The lowest BCUT2D eigenvalue weighted by atomic mass is 10.3. The molecule has 0 fully saturated rings. The van der Waals surface area contributed by atoms with Gasteiger partial charge in [0.15, 0.2) is 0 Å². The van der Waals surface area contributed by atoms with Crippen molar-refractivity contribution in [3.63, 3.8) is 0 Å². The summed E-state index contributed by atoms with van der Waals surface area (Å²) in [5.41, 5.74) is 5.92. The van der Waals surface area contributed by atoms with E-state index in [-0.39, 0.29) is 10.6 Å². The number of carbonyl (C=O) groups is 1. The molecule has 0 saturated carbocycles. The number of hydrogen-bond acceptors (Lipinski definition) is 6. The zero-order chi connectivity index (χ0) is 10.3. The van der Waals surface area contributed by atoms with Crippen LogP contribution in [0.1, 0.15) is 9.67 Å². The van der Waals surface area contributed by atoms with Crippen LogP contribution in [-0.4, -0.2) is 22.6 Å². The summed E-state index contributed by atoms with van der Waals surface area (Å²) in [7, 11) is 1.48. The van der Waals surface area contributed by atoms with Crippen molar-refractivity contribution in [1.82, 2.24) is 4.37 Å². The molecule has 2 aromatic heterocycles. The van der Waals surface area contributed by atoms with Crippen LogP contribution in [0.3, 0.4) is 0 Å². The van der Waals surface area contributed by atoms with Gasteiger partial charge in [0.25, 0.3) is 0 Å². The number of nitrogens with two attached hydrogens (primary N) is 1. The third kappa shape index (κ3) is 1.13. The monoisotopic (exact) mass is 230 g/mol. The molecule has 0 aliphatic heterocycles. The van der Waals surface area contributed by atoms with E-state index in [2.05, 4.69) is 4.37 Å². The standard InChI is InChI=1S/C7H6N2O3S2/c1-12-5-2-3(8)4(6(10)11)13-7(2)14-9-5/h8H2,1H3,(H,10,11). The van der Waals surface area contributed by atoms with Crippen molar-refractivity contribution in [2.24, 2.45) is 0 Å². The van der Waals surface area contributed by atoms with Crippen LogP contribution in [0.2, 0.25) is 0 Å². The van der Waals surface area contributed by atoms with Gasteiger partial charge >= 0.3 is 5.97 Å². The van der Waals surface area contributed by atoms with E-state index in [0.717, 1.165) is 15.4 Å². The fraction of sp³-hybridized carbons (Fsp3) is 0.143. The van der Waals surface area contributed by atoms with Crippen molar-refractivity contribution in [2.45, 2.75) is 0 Å². The average Bonchev–Trinajstić information content (AvgIpc) is 2.66. The van der Waals surface area contributed by atoms with Crippen molar-refractivity contribution in [3.05, 3.63) is 4.88 Å². The Bertz CT molecular complexity index is 502. The smallest absolute Gasteiger partial charge is 0.348 e. The minimum Gasteiger partial charge on any atom is -0.480 e. The zero-order valence-electron chi connectivity index (χ0n) is 7.10. The molecule has 0 radical (unpaired) electrons. The molecule has 0 unspecified atom stereocenters. The number of rotatable bonds is 2. The van der Waals surface area contributed by atoms with Gasteiger partial charge in [-0.1, -0.05) is 0 Å². The van der Waals surface area contributed by atoms with Crippen molar-refractivity contribution in [1.29, 1.82) is 0 Å². The molecule has 5 nitrogen and oxygen atoms in total. The summed E-state index contributed by atoms with van der Waals surface area (Å²) in [6.45, 7) is 0. The SMILES string of the molecule is COc1nsc2sc(C(=O)O)c(N)c12. The minimum absolute atomic E-state index is 0.145. The maximum Gasteiger partial charge on any atom is 0.348 e. The van der Waals surface area contributed by atoms with Gasteiger partial charge in [0.05, 0.1) is 18.2 Å². The number of anilines is 1. The number of fused-ring (bicyclic) bond motifs is 1. The molecule has 7 heteroatoms. The molecule has 2 aromatic rings. The van der Waals surface area contributed by atoms with Crippen molar-refractivity contribution in [2.75, 3.05) is 12.8 Å². The normalized spacial score (nSPS) is 10.6. The van der Waals surface area contributed by atoms with E-state index in [1.807, 2.05) is 0 Å². The Morgan fingerprint density at radius 2 is 2.36 bits per heavy atom. The highest BCUT2D eigenvalue weighted by Gasteiger charge is 2.20. The molecule has 0 bridgehead atoms. The number of nitrogen functional groups attached to an aromatic ring is 1. The summed E-state index contributed by atoms with van der Waals surface area (Å²) in [6.07, 6.45) is 0. The second-order valence-corrected chi connectivity index (χ2v) is 4.56. The van der Waals surface area contributed by atoms with E-state index in [0.29, 0.717) is 11.3 Å². The lowest BCUT2D eigenvalue weighted by Crippen LogP contribution is -1.97. The summed E-state index contributed by atoms with van der Waals surface area (Å²) in [4.78, 5) is 10.9. The van der Waals surface area contributed by atoms with Crippen molar-refractivity contribution in [3.8, 4) is 5.88 Å². The minimum atomic E-state index is -1.02. The first-order valence-corrected chi connectivity index (χ1v) is 5.19. The number of carboxylic acids is 1. The van der Waals surface area contributed by atoms with E-state index in [9.17, 15) is 4.79 Å². The van der Waals surface area contributed by atoms with Crippen LogP contribution in [0, 0.1) is 0 Å². The van der Waals surface area contributed by atoms with Crippen LogP contribution in [0.5, 0.6) is 5.88 Å². The van der Waals surface area contributed by atoms with Crippen LogP contribution in [-0.2, 0) is 0 Å². The molecule has 14 heavy (non-hydrogen) atoms. The average molecular weight is 230 g/mol. The second kappa shape index (κ2) is 3.10. The summed E-state index contributed by atoms with van der Waals surface area (Å²) < 4.78 is 9.74. The topological polar surface area (TPSA) is 85.4 Å². The molecule has 3 N–H and O–H groups in total. The van der Waals surface area contributed by atoms with Gasteiger partial charge in [-0.3, -0.25) is 0 Å². The third-order valence-corrected chi connectivity index (χ3v) is 3.81. The van der Waals surface area contributed by atoms with E-state index in [4.69, 9.17) is 15.6 Å². The molecule has 2 heterocycles. The summed E-state index contributed by atoms with van der Waals surface area (Å²) in [6, 6.07) is 0. The highest BCUT2D eigenvalue weighted by molar-refractivity contribution is 7.37. The first-order valence-electron chi connectivity index (χ1n) is 3.60. The number of methoxy groups -OCH3 is 1. The number of ether oxygens (including phenoxy) is 1. The fourth-order valence-corrected chi connectivity index (χ4v) is 3.03.